The molecule has 1 aliphatic heterocycles. The van der Waals surface area contributed by atoms with E-state index in [0.29, 0.717) is 32.6 Å². The fourth-order valence-corrected chi connectivity index (χ4v) is 4.73. The SMILES string of the molecule is CC1CCC(CNCC2(S(C)(=O)=O)CCOCC2)CC1. The van der Waals surface area contributed by atoms with Crippen molar-refractivity contribution >= 4 is 9.84 Å². The normalized spacial score (nSPS) is 31.1. The number of hydrogen-bond acceptors (Lipinski definition) is 4. The topological polar surface area (TPSA) is 55.4 Å². The largest absolute Gasteiger partial charge is 0.381 e. The molecule has 1 heterocycles. The molecule has 4 nitrogen and oxygen atoms in total. The van der Waals surface area contributed by atoms with E-state index < -0.39 is 14.6 Å². The maximum atomic E-state index is 12.1. The minimum atomic E-state index is -3.04. The number of ether oxygens (including phenoxy) is 1. The molecule has 0 amide bonds. The molecule has 20 heavy (non-hydrogen) atoms. The highest BCUT2D eigenvalue weighted by Gasteiger charge is 2.41. The second kappa shape index (κ2) is 6.75. The first kappa shape index (κ1) is 16.2. The van der Waals surface area contributed by atoms with E-state index in [1.807, 2.05) is 0 Å². The van der Waals surface area contributed by atoms with E-state index in [-0.39, 0.29) is 0 Å². The Kier molecular flexibility index (Phi) is 5.49. The molecule has 0 unspecified atom stereocenters. The van der Waals surface area contributed by atoms with E-state index in [0.717, 1.165) is 18.4 Å². The van der Waals surface area contributed by atoms with Crippen molar-refractivity contribution in [1.82, 2.24) is 5.32 Å². The van der Waals surface area contributed by atoms with Crippen LogP contribution in [0.5, 0.6) is 0 Å². The van der Waals surface area contributed by atoms with Crippen LogP contribution < -0.4 is 5.32 Å². The first-order chi connectivity index (χ1) is 9.43. The van der Waals surface area contributed by atoms with Gasteiger partial charge in [-0.05, 0) is 44.1 Å². The Morgan fingerprint density at radius 3 is 2.30 bits per heavy atom. The lowest BCUT2D eigenvalue weighted by Gasteiger charge is -2.36. The van der Waals surface area contributed by atoms with Gasteiger partial charge in [0, 0.05) is 26.0 Å². The first-order valence-electron chi connectivity index (χ1n) is 7.91. The minimum Gasteiger partial charge on any atom is -0.381 e. The van der Waals surface area contributed by atoms with Crippen LogP contribution in [0.2, 0.25) is 0 Å². The lowest BCUT2D eigenvalue weighted by molar-refractivity contribution is 0.0741. The lowest BCUT2D eigenvalue weighted by atomic mass is 9.83. The third kappa shape index (κ3) is 3.95. The number of sulfone groups is 1. The van der Waals surface area contributed by atoms with E-state index in [9.17, 15) is 8.42 Å². The quantitative estimate of drug-likeness (QED) is 0.844. The average Bonchev–Trinajstić information content (AvgIpc) is 2.41. The molecule has 2 fully saturated rings. The zero-order chi connectivity index (χ0) is 14.6. The maximum Gasteiger partial charge on any atom is 0.154 e. The predicted molar refractivity (Wildman–Crippen MR) is 81.6 cm³/mol. The van der Waals surface area contributed by atoms with Crippen LogP contribution in [0.25, 0.3) is 0 Å². The number of nitrogens with one attached hydrogen (secondary N) is 1. The highest BCUT2D eigenvalue weighted by molar-refractivity contribution is 7.92. The van der Waals surface area contributed by atoms with Crippen LogP contribution in [0.3, 0.4) is 0 Å². The van der Waals surface area contributed by atoms with Crippen molar-refractivity contribution in [1.29, 1.82) is 0 Å². The van der Waals surface area contributed by atoms with Crippen LogP contribution in [0, 0.1) is 11.8 Å². The number of hydrogen-bond donors (Lipinski definition) is 1. The summed E-state index contributed by atoms with van der Waals surface area (Å²) in [5, 5.41) is 3.45. The molecule has 2 rings (SSSR count). The Morgan fingerprint density at radius 1 is 1.15 bits per heavy atom. The smallest absolute Gasteiger partial charge is 0.154 e. The molecule has 0 aromatic carbocycles. The summed E-state index contributed by atoms with van der Waals surface area (Å²) in [6.45, 7) is 5.00. The molecule has 118 valence electrons. The van der Waals surface area contributed by atoms with E-state index in [1.54, 1.807) is 0 Å². The zero-order valence-corrected chi connectivity index (χ0v) is 13.7. The van der Waals surface area contributed by atoms with Gasteiger partial charge in [-0.3, -0.25) is 0 Å². The Hall–Kier alpha value is -0.130. The molecule has 2 aliphatic rings. The van der Waals surface area contributed by atoms with E-state index in [2.05, 4.69) is 12.2 Å². The minimum absolute atomic E-state index is 0.565. The van der Waals surface area contributed by atoms with Crippen LogP contribution in [0.4, 0.5) is 0 Å². The van der Waals surface area contributed by atoms with Crippen molar-refractivity contribution in [2.24, 2.45) is 11.8 Å². The van der Waals surface area contributed by atoms with Crippen molar-refractivity contribution in [3.05, 3.63) is 0 Å². The van der Waals surface area contributed by atoms with Gasteiger partial charge in [-0.15, -0.1) is 0 Å². The molecule has 1 saturated heterocycles. The van der Waals surface area contributed by atoms with Crippen molar-refractivity contribution in [3.63, 3.8) is 0 Å². The Morgan fingerprint density at radius 2 is 1.75 bits per heavy atom. The predicted octanol–water partition coefficient (Wildman–Crippen LogP) is 2.00. The summed E-state index contributed by atoms with van der Waals surface area (Å²) in [6.07, 6.45) is 7.82. The molecule has 0 radical (unpaired) electrons. The van der Waals surface area contributed by atoms with Gasteiger partial charge >= 0.3 is 0 Å². The molecule has 0 aromatic rings. The van der Waals surface area contributed by atoms with Crippen LogP contribution >= 0.6 is 0 Å². The second-order valence-corrected chi connectivity index (χ2v) is 9.23. The molecule has 0 spiro atoms. The first-order valence-corrected chi connectivity index (χ1v) is 9.80. The van der Waals surface area contributed by atoms with Gasteiger partial charge in [0.2, 0.25) is 0 Å². The van der Waals surface area contributed by atoms with Gasteiger partial charge in [0.15, 0.2) is 9.84 Å². The number of rotatable bonds is 5. The van der Waals surface area contributed by atoms with Crippen LogP contribution in [-0.4, -0.2) is 45.7 Å². The average molecular weight is 303 g/mol. The Bertz CT molecular complexity index is 393. The van der Waals surface area contributed by atoms with Crippen molar-refractivity contribution < 1.29 is 13.2 Å². The third-order valence-electron chi connectivity index (χ3n) is 5.21. The van der Waals surface area contributed by atoms with Gasteiger partial charge in [-0.25, -0.2) is 8.42 Å². The summed E-state index contributed by atoms with van der Waals surface area (Å²) >= 11 is 0. The van der Waals surface area contributed by atoms with Crippen LogP contribution in [0.1, 0.15) is 45.4 Å². The third-order valence-corrected chi connectivity index (χ3v) is 7.33. The van der Waals surface area contributed by atoms with Gasteiger partial charge in [-0.1, -0.05) is 19.8 Å². The summed E-state index contributed by atoms with van der Waals surface area (Å²) in [7, 11) is -3.04. The molecular weight excluding hydrogens is 274 g/mol. The molecule has 0 atom stereocenters. The lowest BCUT2D eigenvalue weighted by Crippen LogP contribution is -2.51. The summed E-state index contributed by atoms with van der Waals surface area (Å²) in [5.74, 6) is 1.59. The summed E-state index contributed by atoms with van der Waals surface area (Å²) in [5.41, 5.74) is 0. The molecular formula is C15H29NO3S. The van der Waals surface area contributed by atoms with E-state index in [4.69, 9.17) is 4.74 Å². The van der Waals surface area contributed by atoms with Crippen LogP contribution in [-0.2, 0) is 14.6 Å². The highest BCUT2D eigenvalue weighted by Crippen LogP contribution is 2.30. The van der Waals surface area contributed by atoms with Gasteiger partial charge in [0.25, 0.3) is 0 Å². The second-order valence-electron chi connectivity index (χ2n) is 6.82. The Labute approximate surface area is 123 Å². The Balaban J connectivity index is 1.84. The van der Waals surface area contributed by atoms with Gasteiger partial charge < -0.3 is 10.1 Å². The molecule has 1 aliphatic carbocycles. The van der Waals surface area contributed by atoms with E-state index in [1.165, 1.54) is 31.9 Å². The molecule has 5 heteroatoms. The summed E-state index contributed by atoms with van der Waals surface area (Å²) < 4.78 is 29.0. The molecule has 1 N–H and O–H groups in total. The van der Waals surface area contributed by atoms with Gasteiger partial charge in [0.1, 0.15) is 0 Å². The monoisotopic (exact) mass is 303 g/mol. The fraction of sp³-hybridized carbons (Fsp3) is 1.00. The molecule has 1 saturated carbocycles. The van der Waals surface area contributed by atoms with Gasteiger partial charge in [0.05, 0.1) is 4.75 Å². The van der Waals surface area contributed by atoms with Crippen molar-refractivity contribution in [2.75, 3.05) is 32.6 Å². The maximum absolute atomic E-state index is 12.1. The van der Waals surface area contributed by atoms with Gasteiger partial charge in [-0.2, -0.15) is 0 Å². The van der Waals surface area contributed by atoms with Crippen molar-refractivity contribution in [2.45, 2.75) is 50.2 Å². The fourth-order valence-electron chi connectivity index (χ4n) is 3.46. The molecule has 0 aromatic heterocycles. The summed E-state index contributed by atoms with van der Waals surface area (Å²) in [6, 6.07) is 0. The highest BCUT2D eigenvalue weighted by atomic mass is 32.2. The van der Waals surface area contributed by atoms with E-state index >= 15 is 0 Å². The zero-order valence-electron chi connectivity index (χ0n) is 12.9. The van der Waals surface area contributed by atoms with Crippen LogP contribution in [0.15, 0.2) is 0 Å². The van der Waals surface area contributed by atoms with Crippen molar-refractivity contribution in [3.8, 4) is 0 Å². The standard InChI is InChI=1S/C15H29NO3S/c1-13-3-5-14(6-4-13)11-16-12-15(20(2,17)18)7-9-19-10-8-15/h13-14,16H,3-12H2,1-2H3. The summed E-state index contributed by atoms with van der Waals surface area (Å²) in [4.78, 5) is 0. The molecule has 0 bridgehead atoms.